The van der Waals surface area contributed by atoms with Gasteiger partial charge in [-0.25, -0.2) is 4.98 Å². The fraction of sp³-hybridized carbons (Fsp3) is 0.630. The minimum absolute atomic E-state index is 0.0631. The molecule has 0 radical (unpaired) electrons. The largest absolute Gasteiger partial charge is 0.346 e. The molecule has 2 amide bonds. The molecule has 3 heterocycles. The minimum Gasteiger partial charge on any atom is -0.346 e. The maximum Gasteiger partial charge on any atom is 0.289 e. The van der Waals surface area contributed by atoms with Crippen molar-refractivity contribution >= 4 is 22.8 Å². The zero-order valence-electron chi connectivity index (χ0n) is 20.5. The molecule has 2 atom stereocenters. The number of nitrogens with one attached hydrogen (secondary N) is 2. The third-order valence-corrected chi connectivity index (χ3v) is 9.50. The predicted octanol–water partition coefficient (Wildman–Crippen LogP) is 3.28. The van der Waals surface area contributed by atoms with E-state index in [-0.39, 0.29) is 28.6 Å². The number of likely N-dealkylation sites (tertiary alicyclic amines) is 2. The summed E-state index contributed by atoms with van der Waals surface area (Å²) in [6, 6.07) is 5.55. The van der Waals surface area contributed by atoms with Crippen LogP contribution >= 0.6 is 0 Å². The van der Waals surface area contributed by atoms with E-state index in [0.29, 0.717) is 46.4 Å². The average Bonchev–Trinajstić information content (AvgIpc) is 3.13. The fourth-order valence-electron chi connectivity index (χ4n) is 9.30. The number of amides is 2. The highest BCUT2D eigenvalue weighted by Gasteiger charge is 2.60. The first-order chi connectivity index (χ1) is 16.6. The molecule has 1 aromatic carbocycles. The Morgan fingerprint density at radius 2 is 1.80 bits per heavy atom. The van der Waals surface area contributed by atoms with Crippen LogP contribution in [0, 0.1) is 33.6 Å². The lowest BCUT2D eigenvalue weighted by molar-refractivity contribution is -0.114. The molecular weight excluding hydrogens is 440 g/mol. The average molecular weight is 473 g/mol. The van der Waals surface area contributed by atoms with E-state index in [2.05, 4.69) is 35.3 Å². The van der Waals surface area contributed by atoms with Gasteiger partial charge >= 0.3 is 0 Å². The zero-order chi connectivity index (χ0) is 24.2. The van der Waals surface area contributed by atoms with Gasteiger partial charge < -0.3 is 20.1 Å². The highest BCUT2D eigenvalue weighted by molar-refractivity contribution is 6.06. The highest BCUT2D eigenvalue weighted by atomic mass is 16.2. The van der Waals surface area contributed by atoms with E-state index in [9.17, 15) is 9.59 Å². The second-order valence-corrected chi connectivity index (χ2v) is 13.3. The van der Waals surface area contributed by atoms with Crippen LogP contribution in [0.25, 0.3) is 11.0 Å². The SMILES string of the molecule is CC12CC3CC(C)(C1)CC(NC(=O)c1cccc4[nH]c(C(=O)N5CC6(CN(C#N)C6)C5)nc14)(C3)C2. The van der Waals surface area contributed by atoms with E-state index in [1.807, 2.05) is 18.2 Å². The van der Waals surface area contributed by atoms with Crippen LogP contribution in [0.2, 0.25) is 0 Å². The van der Waals surface area contributed by atoms with Crippen LogP contribution < -0.4 is 5.32 Å². The molecule has 6 aliphatic rings. The number of fused-ring (bicyclic) bond motifs is 1. The third kappa shape index (κ3) is 3.13. The Morgan fingerprint density at radius 1 is 1.09 bits per heavy atom. The smallest absolute Gasteiger partial charge is 0.289 e. The lowest BCUT2D eigenvalue weighted by atomic mass is 9.43. The minimum atomic E-state index is -0.143. The van der Waals surface area contributed by atoms with Gasteiger partial charge in [-0.2, -0.15) is 5.26 Å². The number of hydrogen-bond donors (Lipinski definition) is 2. The number of carbonyl (C=O) groups is 2. The van der Waals surface area contributed by atoms with Crippen molar-refractivity contribution in [1.29, 1.82) is 5.26 Å². The molecule has 1 spiro atoms. The molecule has 182 valence electrons. The Morgan fingerprint density at radius 3 is 2.46 bits per heavy atom. The summed E-state index contributed by atoms with van der Waals surface area (Å²) >= 11 is 0. The molecule has 4 saturated carbocycles. The summed E-state index contributed by atoms with van der Waals surface area (Å²) in [7, 11) is 0. The quantitative estimate of drug-likeness (QED) is 0.667. The zero-order valence-corrected chi connectivity index (χ0v) is 20.5. The topological polar surface area (TPSA) is 105 Å². The van der Waals surface area contributed by atoms with Crippen molar-refractivity contribution in [2.75, 3.05) is 26.2 Å². The summed E-state index contributed by atoms with van der Waals surface area (Å²) in [5.41, 5.74) is 2.37. The van der Waals surface area contributed by atoms with Crippen molar-refractivity contribution in [3.8, 4) is 6.19 Å². The van der Waals surface area contributed by atoms with Crippen molar-refractivity contribution < 1.29 is 9.59 Å². The van der Waals surface area contributed by atoms with Crippen LogP contribution in [0.15, 0.2) is 18.2 Å². The summed E-state index contributed by atoms with van der Waals surface area (Å²) in [5.74, 6) is 0.754. The lowest BCUT2D eigenvalue weighted by Gasteiger charge is -2.65. The van der Waals surface area contributed by atoms with Crippen LogP contribution in [0.5, 0.6) is 0 Å². The van der Waals surface area contributed by atoms with Crippen molar-refractivity contribution in [2.24, 2.45) is 22.2 Å². The van der Waals surface area contributed by atoms with Gasteiger partial charge in [0.2, 0.25) is 0 Å². The van der Waals surface area contributed by atoms with Gasteiger partial charge in [0.05, 0.1) is 11.1 Å². The van der Waals surface area contributed by atoms with E-state index >= 15 is 0 Å². The predicted molar refractivity (Wildman–Crippen MR) is 129 cm³/mol. The number of H-pyrrole nitrogens is 1. The number of carbonyl (C=O) groups excluding carboxylic acids is 2. The molecule has 8 heteroatoms. The Hall–Kier alpha value is -3.08. The molecule has 2 N–H and O–H groups in total. The fourth-order valence-corrected chi connectivity index (χ4v) is 9.30. The van der Waals surface area contributed by atoms with Crippen molar-refractivity contribution in [3.05, 3.63) is 29.6 Å². The second-order valence-electron chi connectivity index (χ2n) is 13.3. The number of nitriles is 1. The molecule has 4 aliphatic carbocycles. The van der Waals surface area contributed by atoms with Gasteiger partial charge in [-0.05, 0) is 67.4 Å². The Bertz CT molecular complexity index is 1290. The van der Waals surface area contributed by atoms with Gasteiger partial charge in [0, 0.05) is 37.1 Å². The van der Waals surface area contributed by atoms with Gasteiger partial charge in [-0.1, -0.05) is 19.9 Å². The van der Waals surface area contributed by atoms with Crippen molar-refractivity contribution in [3.63, 3.8) is 0 Å². The molecule has 8 rings (SSSR count). The number of hydrogen-bond acceptors (Lipinski definition) is 5. The Kier molecular flexibility index (Phi) is 3.98. The number of nitrogens with zero attached hydrogens (tertiary/aromatic N) is 4. The Balaban J connectivity index is 1.12. The normalized spacial score (nSPS) is 36.1. The van der Waals surface area contributed by atoms with Crippen LogP contribution in [0.3, 0.4) is 0 Å². The van der Waals surface area contributed by atoms with Gasteiger partial charge in [0.15, 0.2) is 12.0 Å². The number of aromatic nitrogens is 2. The van der Waals surface area contributed by atoms with Crippen molar-refractivity contribution in [2.45, 2.75) is 57.9 Å². The Labute approximate surface area is 205 Å². The van der Waals surface area contributed by atoms with Gasteiger partial charge in [0.1, 0.15) is 5.52 Å². The van der Waals surface area contributed by atoms with E-state index in [1.165, 1.54) is 19.3 Å². The molecule has 4 bridgehead atoms. The highest BCUT2D eigenvalue weighted by Crippen LogP contribution is 2.66. The van der Waals surface area contributed by atoms with Gasteiger partial charge in [-0.3, -0.25) is 9.59 Å². The number of benzene rings is 1. The van der Waals surface area contributed by atoms with Gasteiger partial charge in [-0.15, -0.1) is 0 Å². The lowest BCUT2D eigenvalue weighted by Crippen LogP contribution is -2.71. The molecule has 2 unspecified atom stereocenters. The molecular formula is C27H32N6O2. The summed E-state index contributed by atoms with van der Waals surface area (Å²) in [4.78, 5) is 38.0. The monoisotopic (exact) mass is 472 g/mol. The summed E-state index contributed by atoms with van der Waals surface area (Å²) in [6.45, 7) is 7.55. The first-order valence-corrected chi connectivity index (χ1v) is 12.9. The summed E-state index contributed by atoms with van der Waals surface area (Å²) in [5, 5.41) is 12.5. The van der Waals surface area contributed by atoms with Crippen LogP contribution in [0.1, 0.15) is 73.3 Å². The van der Waals surface area contributed by atoms with E-state index < -0.39 is 0 Å². The molecule has 2 aliphatic heterocycles. The first-order valence-electron chi connectivity index (χ1n) is 12.9. The molecule has 2 saturated heterocycles. The second kappa shape index (κ2) is 6.57. The molecule has 8 nitrogen and oxygen atoms in total. The number of aromatic amines is 1. The summed E-state index contributed by atoms with van der Waals surface area (Å²) < 4.78 is 0. The maximum atomic E-state index is 13.6. The van der Waals surface area contributed by atoms with E-state index in [4.69, 9.17) is 5.26 Å². The molecule has 2 aromatic rings. The number of rotatable bonds is 3. The number of imidazole rings is 1. The standard InChI is InChI=1S/C27H32N6O2/c1-24-6-17-7-25(2,9-24)11-27(8-17,10-24)31-22(34)18-4-3-5-19-20(18)30-21(29-19)23(35)33-14-26(15-33)12-32(13-26)16-28/h3-5,17H,6-15H2,1-2H3,(H,29,30)(H,31,34). The van der Waals surface area contributed by atoms with Crippen LogP contribution in [-0.2, 0) is 0 Å². The van der Waals surface area contributed by atoms with E-state index in [1.54, 1.807) is 9.80 Å². The third-order valence-electron chi connectivity index (χ3n) is 9.50. The summed E-state index contributed by atoms with van der Waals surface area (Å²) in [6.07, 6.45) is 9.17. The maximum absolute atomic E-state index is 13.6. The number of para-hydroxylation sites is 1. The van der Waals surface area contributed by atoms with Gasteiger partial charge in [0.25, 0.3) is 11.8 Å². The van der Waals surface area contributed by atoms with E-state index in [0.717, 1.165) is 32.4 Å². The molecule has 6 fully saturated rings. The first kappa shape index (κ1) is 21.2. The van der Waals surface area contributed by atoms with Crippen molar-refractivity contribution in [1.82, 2.24) is 25.1 Å². The molecule has 35 heavy (non-hydrogen) atoms. The molecule has 1 aromatic heterocycles. The van der Waals surface area contributed by atoms with Crippen LogP contribution in [0.4, 0.5) is 0 Å². The van der Waals surface area contributed by atoms with Crippen LogP contribution in [-0.4, -0.2) is 63.3 Å².